The third-order valence-electron chi connectivity index (χ3n) is 3.09. The first-order chi connectivity index (χ1) is 8.33. The number of hydrogen-bond donors (Lipinski definition) is 0. The summed E-state index contributed by atoms with van der Waals surface area (Å²) in [6, 6.07) is 7.72. The van der Waals surface area contributed by atoms with Crippen molar-refractivity contribution in [1.29, 1.82) is 5.26 Å². The summed E-state index contributed by atoms with van der Waals surface area (Å²) in [5.41, 5.74) is 0.499. The van der Waals surface area contributed by atoms with Crippen LogP contribution in [-0.2, 0) is 0 Å². The lowest BCUT2D eigenvalue weighted by atomic mass is 10.3. The van der Waals surface area contributed by atoms with Gasteiger partial charge in [-0.15, -0.1) is 0 Å². The van der Waals surface area contributed by atoms with Gasteiger partial charge in [-0.3, -0.25) is 4.90 Å². The summed E-state index contributed by atoms with van der Waals surface area (Å²) >= 11 is 0. The van der Waals surface area contributed by atoms with Gasteiger partial charge in [-0.25, -0.2) is 4.98 Å². The van der Waals surface area contributed by atoms with Gasteiger partial charge >= 0.3 is 0 Å². The van der Waals surface area contributed by atoms with Gasteiger partial charge in [-0.2, -0.15) is 5.26 Å². The van der Waals surface area contributed by atoms with E-state index >= 15 is 0 Å². The molecule has 0 bridgehead atoms. The maximum atomic E-state index is 8.83. The van der Waals surface area contributed by atoms with Crippen LogP contribution in [0.25, 0.3) is 0 Å². The van der Waals surface area contributed by atoms with E-state index in [1.54, 1.807) is 6.07 Å². The molecule has 0 radical (unpaired) electrons. The summed E-state index contributed by atoms with van der Waals surface area (Å²) < 4.78 is 0. The highest BCUT2D eigenvalue weighted by atomic mass is 15.3. The largest absolute Gasteiger partial charge is 0.354 e. The molecule has 0 amide bonds. The number of hydrogen-bond acceptors (Lipinski definition) is 4. The van der Waals surface area contributed by atoms with Crippen molar-refractivity contribution in [3.8, 4) is 6.07 Å². The lowest BCUT2D eigenvalue weighted by Gasteiger charge is -2.35. The second-order valence-corrected chi connectivity index (χ2v) is 4.32. The van der Waals surface area contributed by atoms with Crippen LogP contribution in [0.15, 0.2) is 18.2 Å². The Balaban J connectivity index is 1.98. The lowest BCUT2D eigenvalue weighted by Crippen LogP contribution is -2.46. The lowest BCUT2D eigenvalue weighted by molar-refractivity contribution is 0.258. The molecule has 0 unspecified atom stereocenters. The van der Waals surface area contributed by atoms with Crippen LogP contribution < -0.4 is 4.90 Å². The fourth-order valence-corrected chi connectivity index (χ4v) is 2.18. The molecular formula is C13H18N4. The molecule has 0 aliphatic carbocycles. The smallest absolute Gasteiger partial charge is 0.142 e. The van der Waals surface area contributed by atoms with E-state index < -0.39 is 0 Å². The monoisotopic (exact) mass is 230 g/mol. The number of nitrogens with zero attached hydrogens (tertiary/aromatic N) is 4. The molecule has 90 valence electrons. The maximum absolute atomic E-state index is 8.83. The van der Waals surface area contributed by atoms with E-state index in [0.29, 0.717) is 5.69 Å². The summed E-state index contributed by atoms with van der Waals surface area (Å²) in [6.07, 6.45) is 1.21. The van der Waals surface area contributed by atoms with Crippen molar-refractivity contribution in [3.05, 3.63) is 23.9 Å². The molecule has 1 saturated heterocycles. The number of anilines is 1. The molecule has 0 saturated carbocycles. The quantitative estimate of drug-likeness (QED) is 0.789. The van der Waals surface area contributed by atoms with Gasteiger partial charge in [0.25, 0.3) is 0 Å². The van der Waals surface area contributed by atoms with Crippen LogP contribution in [0.2, 0.25) is 0 Å². The average Bonchev–Trinajstić information content (AvgIpc) is 2.40. The third-order valence-corrected chi connectivity index (χ3v) is 3.09. The number of rotatable bonds is 3. The van der Waals surface area contributed by atoms with Crippen LogP contribution in [0.1, 0.15) is 19.0 Å². The van der Waals surface area contributed by atoms with E-state index in [-0.39, 0.29) is 0 Å². The Hall–Kier alpha value is -1.60. The number of aromatic nitrogens is 1. The molecule has 4 heteroatoms. The van der Waals surface area contributed by atoms with Crippen molar-refractivity contribution in [2.24, 2.45) is 0 Å². The van der Waals surface area contributed by atoms with Gasteiger partial charge in [0, 0.05) is 26.2 Å². The SMILES string of the molecule is CCCN1CCN(c2cccc(C#N)n2)CC1. The first-order valence-electron chi connectivity index (χ1n) is 6.18. The first-order valence-corrected chi connectivity index (χ1v) is 6.18. The molecule has 17 heavy (non-hydrogen) atoms. The minimum absolute atomic E-state index is 0.499. The number of piperazine rings is 1. The van der Waals surface area contributed by atoms with Crippen LogP contribution in [0.4, 0.5) is 5.82 Å². The van der Waals surface area contributed by atoms with Crippen molar-refractivity contribution in [3.63, 3.8) is 0 Å². The van der Waals surface area contributed by atoms with E-state index in [0.717, 1.165) is 32.0 Å². The Bertz CT molecular complexity index is 402. The summed E-state index contributed by atoms with van der Waals surface area (Å²) in [4.78, 5) is 9.07. The predicted octanol–water partition coefficient (Wildman–Crippen LogP) is 1.49. The highest BCUT2D eigenvalue weighted by molar-refractivity contribution is 5.42. The van der Waals surface area contributed by atoms with E-state index in [1.165, 1.54) is 13.0 Å². The van der Waals surface area contributed by atoms with Gasteiger partial charge in [-0.05, 0) is 25.1 Å². The minimum Gasteiger partial charge on any atom is -0.354 e. The Labute approximate surface area is 102 Å². The maximum Gasteiger partial charge on any atom is 0.142 e. The fourth-order valence-electron chi connectivity index (χ4n) is 2.18. The Morgan fingerprint density at radius 3 is 2.71 bits per heavy atom. The second-order valence-electron chi connectivity index (χ2n) is 4.32. The van der Waals surface area contributed by atoms with Gasteiger partial charge in [0.15, 0.2) is 0 Å². The number of nitriles is 1. The summed E-state index contributed by atoms with van der Waals surface area (Å²) in [6.45, 7) is 7.58. The molecule has 1 aliphatic heterocycles. The van der Waals surface area contributed by atoms with Crippen LogP contribution in [-0.4, -0.2) is 42.6 Å². The first kappa shape index (κ1) is 11.9. The van der Waals surface area contributed by atoms with Crippen molar-refractivity contribution in [1.82, 2.24) is 9.88 Å². The van der Waals surface area contributed by atoms with E-state index in [1.807, 2.05) is 12.1 Å². The van der Waals surface area contributed by atoms with Crippen LogP contribution >= 0.6 is 0 Å². The van der Waals surface area contributed by atoms with E-state index in [9.17, 15) is 0 Å². The van der Waals surface area contributed by atoms with E-state index in [2.05, 4.69) is 27.8 Å². The zero-order chi connectivity index (χ0) is 12.1. The van der Waals surface area contributed by atoms with Gasteiger partial charge in [0.1, 0.15) is 17.6 Å². The number of pyridine rings is 1. The molecule has 1 aromatic heterocycles. The van der Waals surface area contributed by atoms with Crippen LogP contribution in [0.5, 0.6) is 0 Å². The van der Waals surface area contributed by atoms with Gasteiger partial charge in [0.2, 0.25) is 0 Å². The summed E-state index contributed by atoms with van der Waals surface area (Å²) in [5, 5.41) is 8.83. The zero-order valence-electron chi connectivity index (χ0n) is 10.3. The van der Waals surface area contributed by atoms with E-state index in [4.69, 9.17) is 5.26 Å². The predicted molar refractivity (Wildman–Crippen MR) is 67.9 cm³/mol. The van der Waals surface area contributed by atoms with Gasteiger partial charge in [0.05, 0.1) is 0 Å². The van der Waals surface area contributed by atoms with Gasteiger partial charge in [-0.1, -0.05) is 13.0 Å². The Morgan fingerprint density at radius 1 is 1.29 bits per heavy atom. The molecule has 1 fully saturated rings. The molecule has 0 atom stereocenters. The summed E-state index contributed by atoms with van der Waals surface area (Å²) in [7, 11) is 0. The fraction of sp³-hybridized carbons (Fsp3) is 0.538. The average molecular weight is 230 g/mol. The highest BCUT2D eigenvalue weighted by Gasteiger charge is 2.17. The topological polar surface area (TPSA) is 43.2 Å². The van der Waals surface area contributed by atoms with Crippen LogP contribution in [0.3, 0.4) is 0 Å². The van der Waals surface area contributed by atoms with Crippen molar-refractivity contribution in [2.75, 3.05) is 37.6 Å². The van der Waals surface area contributed by atoms with Crippen LogP contribution in [0, 0.1) is 11.3 Å². The van der Waals surface area contributed by atoms with Crippen molar-refractivity contribution in [2.45, 2.75) is 13.3 Å². The molecule has 2 heterocycles. The molecular weight excluding hydrogens is 212 g/mol. The second kappa shape index (κ2) is 5.65. The molecule has 0 spiro atoms. The Morgan fingerprint density at radius 2 is 2.06 bits per heavy atom. The summed E-state index contributed by atoms with van der Waals surface area (Å²) in [5.74, 6) is 0.931. The third kappa shape index (κ3) is 2.95. The Kier molecular flexibility index (Phi) is 3.94. The standard InChI is InChI=1S/C13H18N4/c1-2-6-16-7-9-17(10-8-16)13-5-3-4-12(11-14)15-13/h3-5H,2,6-10H2,1H3. The minimum atomic E-state index is 0.499. The normalized spacial score (nSPS) is 16.8. The molecule has 2 rings (SSSR count). The molecule has 0 N–H and O–H groups in total. The van der Waals surface area contributed by atoms with Crippen molar-refractivity contribution < 1.29 is 0 Å². The van der Waals surface area contributed by atoms with Crippen molar-refractivity contribution >= 4 is 5.82 Å². The molecule has 0 aromatic carbocycles. The van der Waals surface area contributed by atoms with Gasteiger partial charge < -0.3 is 4.90 Å². The highest BCUT2D eigenvalue weighted by Crippen LogP contribution is 2.14. The molecule has 1 aliphatic rings. The molecule has 4 nitrogen and oxygen atoms in total. The zero-order valence-corrected chi connectivity index (χ0v) is 10.3. The molecule has 1 aromatic rings.